The smallest absolute Gasteiger partial charge is 0.338 e. The summed E-state index contributed by atoms with van der Waals surface area (Å²) in [5.74, 6) is -0.435. The molecule has 3 rings (SSSR count). The van der Waals surface area contributed by atoms with Crippen LogP contribution >= 0.6 is 0 Å². The van der Waals surface area contributed by atoms with Crippen LogP contribution in [0.2, 0.25) is 0 Å². The lowest BCUT2D eigenvalue weighted by Gasteiger charge is -2.21. The van der Waals surface area contributed by atoms with Crippen LogP contribution in [0.3, 0.4) is 0 Å². The minimum absolute atomic E-state index is 0.217. The van der Waals surface area contributed by atoms with Gasteiger partial charge in [0.25, 0.3) is 0 Å². The van der Waals surface area contributed by atoms with E-state index in [9.17, 15) is 18.0 Å². The first-order chi connectivity index (χ1) is 13.2. The average Bonchev–Trinajstić information content (AvgIpc) is 3.00. The van der Waals surface area contributed by atoms with Gasteiger partial charge in [-0.05, 0) is 49.2 Å². The van der Waals surface area contributed by atoms with Crippen molar-refractivity contribution in [2.45, 2.75) is 19.4 Å². The maximum atomic E-state index is 12.3. The second-order valence-corrected chi connectivity index (χ2v) is 8.55. The molecule has 1 unspecified atom stereocenters. The van der Waals surface area contributed by atoms with Gasteiger partial charge in [-0.3, -0.25) is 9.10 Å². The molecule has 0 aromatic heterocycles. The highest BCUT2D eigenvalue weighted by atomic mass is 32.2. The Bertz CT molecular complexity index is 1030. The summed E-state index contributed by atoms with van der Waals surface area (Å²) in [5.41, 5.74) is 1.99. The van der Waals surface area contributed by atoms with Crippen molar-refractivity contribution in [2.75, 3.05) is 24.3 Å². The molecule has 1 atom stereocenters. The van der Waals surface area contributed by atoms with Gasteiger partial charge in [0.2, 0.25) is 10.0 Å². The van der Waals surface area contributed by atoms with Gasteiger partial charge in [0, 0.05) is 11.6 Å². The molecule has 2 aromatic rings. The molecule has 148 valence electrons. The quantitative estimate of drug-likeness (QED) is 0.544. The summed E-state index contributed by atoms with van der Waals surface area (Å²) in [6.07, 6.45) is 1.66. The summed E-state index contributed by atoms with van der Waals surface area (Å²) in [7, 11) is -1.89. The Morgan fingerprint density at radius 1 is 1.14 bits per heavy atom. The van der Waals surface area contributed by atoms with Crippen LogP contribution in [0, 0.1) is 0 Å². The monoisotopic (exact) mass is 403 g/mol. The molecular weight excluding hydrogens is 382 g/mol. The molecule has 1 aliphatic heterocycles. The van der Waals surface area contributed by atoms with E-state index in [2.05, 4.69) is 0 Å². The Labute approximate surface area is 163 Å². The number of fused-ring (bicyclic) bond motifs is 1. The van der Waals surface area contributed by atoms with Gasteiger partial charge in [0.05, 0.1) is 24.6 Å². The van der Waals surface area contributed by atoms with E-state index in [4.69, 9.17) is 9.47 Å². The topological polar surface area (TPSA) is 90.0 Å². The summed E-state index contributed by atoms with van der Waals surface area (Å²) < 4.78 is 35.5. The maximum Gasteiger partial charge on any atom is 0.338 e. The predicted octanol–water partition coefficient (Wildman–Crippen LogP) is 2.45. The molecule has 1 heterocycles. The van der Waals surface area contributed by atoms with Crippen LogP contribution in [0.4, 0.5) is 5.69 Å². The summed E-state index contributed by atoms with van der Waals surface area (Å²) in [5, 5.41) is 0. The molecule has 7 nitrogen and oxygen atoms in total. The molecule has 0 aliphatic carbocycles. The highest BCUT2D eigenvalue weighted by Gasteiger charge is 2.33. The fraction of sp³-hybridized carbons (Fsp3) is 0.300. The number of benzene rings is 2. The third-order valence-corrected chi connectivity index (χ3v) is 5.82. The SMILES string of the molecule is COc1cccc(C(=O)COC(=O)c2ccc3c(c2)CC(C)N3S(C)(=O)=O)c1. The fourth-order valence-corrected chi connectivity index (χ4v) is 4.59. The second kappa shape index (κ2) is 7.63. The lowest BCUT2D eigenvalue weighted by Crippen LogP contribution is -2.34. The largest absolute Gasteiger partial charge is 0.497 e. The molecular formula is C20H21NO6S. The van der Waals surface area contributed by atoms with Gasteiger partial charge in [-0.15, -0.1) is 0 Å². The number of hydrogen-bond donors (Lipinski definition) is 0. The molecule has 0 spiro atoms. The van der Waals surface area contributed by atoms with Crippen molar-refractivity contribution < 1.29 is 27.5 Å². The molecule has 2 aromatic carbocycles. The van der Waals surface area contributed by atoms with Crippen molar-refractivity contribution >= 4 is 27.5 Å². The molecule has 0 radical (unpaired) electrons. The third kappa shape index (κ3) is 4.01. The number of Topliss-reactive ketones (excluding diaryl/α,β-unsaturated/α-hetero) is 1. The van der Waals surface area contributed by atoms with Crippen molar-refractivity contribution in [1.29, 1.82) is 0 Å². The lowest BCUT2D eigenvalue weighted by molar-refractivity contribution is 0.0474. The zero-order valence-corrected chi connectivity index (χ0v) is 16.7. The first-order valence-corrected chi connectivity index (χ1v) is 10.5. The second-order valence-electron chi connectivity index (χ2n) is 6.69. The number of esters is 1. The van der Waals surface area contributed by atoms with Crippen molar-refractivity contribution in [3.8, 4) is 5.75 Å². The highest BCUT2D eigenvalue weighted by Crippen LogP contribution is 2.34. The van der Waals surface area contributed by atoms with Gasteiger partial charge in [-0.25, -0.2) is 13.2 Å². The van der Waals surface area contributed by atoms with Crippen LogP contribution in [0.1, 0.15) is 33.2 Å². The Balaban J connectivity index is 1.71. The number of ether oxygens (including phenoxy) is 2. The number of sulfonamides is 1. The van der Waals surface area contributed by atoms with Crippen molar-refractivity contribution in [3.05, 3.63) is 59.2 Å². The van der Waals surface area contributed by atoms with E-state index in [1.54, 1.807) is 36.4 Å². The Kier molecular flexibility index (Phi) is 5.42. The van der Waals surface area contributed by atoms with Crippen molar-refractivity contribution in [1.82, 2.24) is 0 Å². The molecule has 0 fully saturated rings. The van der Waals surface area contributed by atoms with Crippen LogP contribution < -0.4 is 9.04 Å². The fourth-order valence-electron chi connectivity index (χ4n) is 3.33. The minimum Gasteiger partial charge on any atom is -0.497 e. The Morgan fingerprint density at radius 2 is 1.89 bits per heavy atom. The average molecular weight is 403 g/mol. The van der Waals surface area contributed by atoms with E-state index >= 15 is 0 Å². The molecule has 8 heteroatoms. The zero-order valence-electron chi connectivity index (χ0n) is 15.8. The number of rotatable bonds is 6. The molecule has 0 N–H and O–H groups in total. The molecule has 0 saturated heterocycles. The molecule has 28 heavy (non-hydrogen) atoms. The molecule has 0 bridgehead atoms. The normalized spacial score (nSPS) is 15.8. The van der Waals surface area contributed by atoms with E-state index in [1.165, 1.54) is 17.5 Å². The minimum atomic E-state index is -3.39. The number of ketones is 1. The first kappa shape index (κ1) is 19.9. The van der Waals surface area contributed by atoms with Crippen LogP contribution in [0.15, 0.2) is 42.5 Å². The Morgan fingerprint density at radius 3 is 2.57 bits per heavy atom. The van der Waals surface area contributed by atoms with Gasteiger partial charge < -0.3 is 9.47 Å². The number of nitrogens with zero attached hydrogens (tertiary/aromatic N) is 1. The summed E-state index contributed by atoms with van der Waals surface area (Å²) in [6.45, 7) is 1.42. The van der Waals surface area contributed by atoms with Gasteiger partial charge in [-0.2, -0.15) is 0 Å². The molecule has 0 saturated carbocycles. The zero-order chi connectivity index (χ0) is 20.5. The van der Waals surface area contributed by atoms with Gasteiger partial charge >= 0.3 is 5.97 Å². The number of hydrogen-bond acceptors (Lipinski definition) is 6. The number of carbonyl (C=O) groups is 2. The van der Waals surface area contributed by atoms with Crippen LogP contribution in [-0.2, 0) is 21.2 Å². The maximum absolute atomic E-state index is 12.3. The number of carbonyl (C=O) groups excluding carboxylic acids is 2. The van der Waals surface area contributed by atoms with E-state index in [1.807, 2.05) is 6.92 Å². The summed E-state index contributed by atoms with van der Waals surface area (Å²) in [6, 6.07) is 11.1. The van der Waals surface area contributed by atoms with Gasteiger partial charge in [0.15, 0.2) is 12.4 Å². The number of methoxy groups -OCH3 is 1. The predicted molar refractivity (Wildman–Crippen MR) is 105 cm³/mol. The third-order valence-electron chi connectivity index (χ3n) is 4.55. The summed E-state index contributed by atoms with van der Waals surface area (Å²) in [4.78, 5) is 24.6. The van der Waals surface area contributed by atoms with Crippen molar-refractivity contribution in [2.24, 2.45) is 0 Å². The van der Waals surface area contributed by atoms with Crippen LogP contribution in [0.5, 0.6) is 5.75 Å². The van der Waals surface area contributed by atoms with Crippen LogP contribution in [0.25, 0.3) is 0 Å². The van der Waals surface area contributed by atoms with E-state index in [0.29, 0.717) is 23.4 Å². The Hall–Kier alpha value is -2.87. The standard InChI is InChI=1S/C20H21NO6S/c1-13-9-16-10-15(7-8-18(16)21(13)28(3,24)25)20(23)27-12-19(22)14-5-4-6-17(11-14)26-2/h4-8,10-11,13H,9,12H2,1-3H3. The highest BCUT2D eigenvalue weighted by molar-refractivity contribution is 7.92. The van der Waals surface area contributed by atoms with E-state index in [0.717, 1.165) is 11.8 Å². The molecule has 1 aliphatic rings. The lowest BCUT2D eigenvalue weighted by atomic mass is 10.1. The number of anilines is 1. The molecule has 0 amide bonds. The first-order valence-electron chi connectivity index (χ1n) is 8.67. The van der Waals surface area contributed by atoms with E-state index in [-0.39, 0.29) is 17.4 Å². The van der Waals surface area contributed by atoms with Gasteiger partial charge in [0.1, 0.15) is 5.75 Å². The van der Waals surface area contributed by atoms with E-state index < -0.39 is 22.6 Å². The summed E-state index contributed by atoms with van der Waals surface area (Å²) >= 11 is 0. The van der Waals surface area contributed by atoms with Crippen LogP contribution in [-0.4, -0.2) is 46.2 Å². The van der Waals surface area contributed by atoms with Crippen molar-refractivity contribution in [3.63, 3.8) is 0 Å². The van der Waals surface area contributed by atoms with Gasteiger partial charge in [-0.1, -0.05) is 12.1 Å².